The van der Waals surface area contributed by atoms with Crippen LogP contribution in [-0.2, 0) is 9.53 Å². The van der Waals surface area contributed by atoms with Crippen molar-refractivity contribution in [2.24, 2.45) is 11.3 Å². The molecule has 0 radical (unpaired) electrons. The predicted molar refractivity (Wildman–Crippen MR) is 80.5 cm³/mol. The number of ether oxygens (including phenoxy) is 1. The lowest BCUT2D eigenvalue weighted by Crippen LogP contribution is -2.43. The molecular formula is C15H26BrNO2. The van der Waals surface area contributed by atoms with Gasteiger partial charge in [0.1, 0.15) is 0 Å². The maximum absolute atomic E-state index is 12.3. The molecule has 1 amide bonds. The molecule has 2 rings (SSSR count). The fourth-order valence-corrected chi connectivity index (χ4v) is 4.17. The van der Waals surface area contributed by atoms with Gasteiger partial charge in [0.05, 0.1) is 12.0 Å². The van der Waals surface area contributed by atoms with Gasteiger partial charge in [0, 0.05) is 18.5 Å². The summed E-state index contributed by atoms with van der Waals surface area (Å²) in [5.41, 5.74) is 0.287. The van der Waals surface area contributed by atoms with Gasteiger partial charge in [0.25, 0.3) is 0 Å². The Kier molecular flexibility index (Phi) is 5.70. The molecule has 0 aromatic rings. The average molecular weight is 332 g/mol. The fraction of sp³-hybridized carbons (Fsp3) is 0.933. The molecule has 1 saturated carbocycles. The van der Waals surface area contributed by atoms with Crippen molar-refractivity contribution in [3.8, 4) is 0 Å². The second-order valence-corrected chi connectivity index (χ2v) is 6.69. The van der Waals surface area contributed by atoms with Crippen molar-refractivity contribution in [2.75, 3.05) is 18.5 Å². The van der Waals surface area contributed by atoms with Crippen molar-refractivity contribution in [3.05, 3.63) is 0 Å². The maximum atomic E-state index is 12.3. The first-order chi connectivity index (χ1) is 9.21. The van der Waals surface area contributed by atoms with Crippen LogP contribution in [0.5, 0.6) is 0 Å². The van der Waals surface area contributed by atoms with E-state index in [1.54, 1.807) is 0 Å². The third-order valence-corrected chi connectivity index (χ3v) is 5.97. The van der Waals surface area contributed by atoms with E-state index in [1.165, 1.54) is 32.1 Å². The van der Waals surface area contributed by atoms with Crippen LogP contribution in [0.15, 0.2) is 0 Å². The molecule has 2 fully saturated rings. The van der Waals surface area contributed by atoms with Crippen LogP contribution in [0.3, 0.4) is 0 Å². The lowest BCUT2D eigenvalue weighted by molar-refractivity contribution is -0.127. The molecule has 4 heteroatoms. The van der Waals surface area contributed by atoms with Crippen LogP contribution in [0.25, 0.3) is 0 Å². The Labute approximate surface area is 125 Å². The Bertz CT molecular complexity index is 303. The highest BCUT2D eigenvalue weighted by Gasteiger charge is 2.35. The number of carbonyl (C=O) groups is 1. The highest BCUT2D eigenvalue weighted by molar-refractivity contribution is 9.09. The van der Waals surface area contributed by atoms with E-state index >= 15 is 0 Å². The number of halogens is 1. The Morgan fingerprint density at radius 3 is 2.74 bits per heavy atom. The van der Waals surface area contributed by atoms with Gasteiger partial charge in [-0.2, -0.15) is 0 Å². The van der Waals surface area contributed by atoms with Crippen molar-refractivity contribution >= 4 is 21.8 Å². The van der Waals surface area contributed by atoms with Gasteiger partial charge in [0.2, 0.25) is 5.91 Å². The van der Waals surface area contributed by atoms with E-state index < -0.39 is 0 Å². The second kappa shape index (κ2) is 7.07. The summed E-state index contributed by atoms with van der Waals surface area (Å²) in [5.74, 6) is 0.274. The molecular weight excluding hydrogens is 306 g/mol. The zero-order chi connectivity index (χ0) is 13.7. The van der Waals surface area contributed by atoms with Crippen molar-refractivity contribution in [2.45, 2.75) is 58.0 Å². The molecule has 1 saturated heterocycles. The number of nitrogens with one attached hydrogen (secondary N) is 1. The molecule has 0 aromatic carbocycles. The molecule has 110 valence electrons. The largest absolute Gasteiger partial charge is 0.377 e. The average Bonchev–Trinajstić information content (AvgIpc) is 2.94. The summed E-state index contributed by atoms with van der Waals surface area (Å²) in [4.78, 5) is 12.3. The normalized spacial score (nSPS) is 30.2. The number of hydrogen-bond acceptors (Lipinski definition) is 2. The minimum atomic E-state index is 0.0703. The number of rotatable bonds is 5. The zero-order valence-electron chi connectivity index (χ0n) is 11.9. The van der Waals surface area contributed by atoms with Gasteiger partial charge in [-0.3, -0.25) is 4.79 Å². The van der Waals surface area contributed by atoms with Crippen molar-refractivity contribution in [1.82, 2.24) is 5.32 Å². The number of hydrogen-bond donors (Lipinski definition) is 1. The quantitative estimate of drug-likeness (QED) is 0.785. The van der Waals surface area contributed by atoms with Crippen molar-refractivity contribution < 1.29 is 9.53 Å². The van der Waals surface area contributed by atoms with Crippen LogP contribution in [-0.4, -0.2) is 30.5 Å². The number of amides is 1. The highest BCUT2D eigenvalue weighted by atomic mass is 79.9. The van der Waals surface area contributed by atoms with Crippen molar-refractivity contribution in [1.29, 1.82) is 0 Å². The van der Waals surface area contributed by atoms with Gasteiger partial charge in [0.15, 0.2) is 0 Å². The Balaban J connectivity index is 1.85. The summed E-state index contributed by atoms with van der Waals surface area (Å²) in [6.45, 7) is 3.65. The fourth-order valence-electron chi connectivity index (χ4n) is 3.42. The molecule has 0 bridgehead atoms. The molecule has 2 aliphatic rings. The minimum absolute atomic E-state index is 0.0703. The second-order valence-electron chi connectivity index (χ2n) is 6.12. The SMILES string of the molecule is CCC1OCCC1C(=O)NCC1(CBr)CCCCC1. The summed E-state index contributed by atoms with van der Waals surface area (Å²) >= 11 is 3.65. The summed E-state index contributed by atoms with van der Waals surface area (Å²) in [6, 6.07) is 0. The van der Waals surface area contributed by atoms with E-state index in [4.69, 9.17) is 4.74 Å². The van der Waals surface area contributed by atoms with Gasteiger partial charge in [-0.05, 0) is 31.1 Å². The number of carbonyl (C=O) groups excluding carboxylic acids is 1. The van der Waals surface area contributed by atoms with E-state index in [-0.39, 0.29) is 23.3 Å². The number of alkyl halides is 1. The first-order valence-corrected chi connectivity index (χ1v) is 8.78. The summed E-state index contributed by atoms with van der Waals surface area (Å²) in [7, 11) is 0. The molecule has 3 nitrogen and oxygen atoms in total. The smallest absolute Gasteiger partial charge is 0.225 e. The van der Waals surface area contributed by atoms with E-state index in [9.17, 15) is 4.79 Å². The lowest BCUT2D eigenvalue weighted by atomic mass is 9.75. The van der Waals surface area contributed by atoms with Crippen molar-refractivity contribution in [3.63, 3.8) is 0 Å². The molecule has 19 heavy (non-hydrogen) atoms. The minimum Gasteiger partial charge on any atom is -0.377 e. The van der Waals surface area contributed by atoms with Crippen LogP contribution in [0.2, 0.25) is 0 Å². The van der Waals surface area contributed by atoms with E-state index in [2.05, 4.69) is 28.2 Å². The third-order valence-electron chi connectivity index (χ3n) is 4.78. The van der Waals surface area contributed by atoms with E-state index in [0.29, 0.717) is 0 Å². The zero-order valence-corrected chi connectivity index (χ0v) is 13.5. The van der Waals surface area contributed by atoms with Crippen LogP contribution in [0.4, 0.5) is 0 Å². The Morgan fingerprint density at radius 1 is 1.37 bits per heavy atom. The predicted octanol–water partition coefficient (Wildman–Crippen LogP) is 3.26. The summed E-state index contributed by atoms with van der Waals surface area (Å²) in [6.07, 6.45) is 8.35. The van der Waals surface area contributed by atoms with Gasteiger partial charge >= 0.3 is 0 Å². The maximum Gasteiger partial charge on any atom is 0.225 e. The van der Waals surface area contributed by atoms with Gasteiger partial charge in [-0.25, -0.2) is 0 Å². The van der Waals surface area contributed by atoms with Gasteiger partial charge in [-0.15, -0.1) is 0 Å². The molecule has 2 atom stereocenters. The molecule has 1 aliphatic heterocycles. The van der Waals surface area contributed by atoms with Crippen LogP contribution >= 0.6 is 15.9 Å². The van der Waals surface area contributed by atoms with Crippen LogP contribution in [0.1, 0.15) is 51.9 Å². The first kappa shape index (κ1) is 15.3. The highest BCUT2D eigenvalue weighted by Crippen LogP contribution is 2.37. The lowest BCUT2D eigenvalue weighted by Gasteiger charge is -2.36. The van der Waals surface area contributed by atoms with Gasteiger partial charge in [-0.1, -0.05) is 42.1 Å². The van der Waals surface area contributed by atoms with Gasteiger partial charge < -0.3 is 10.1 Å². The topological polar surface area (TPSA) is 38.3 Å². The standard InChI is InChI=1S/C15H26BrNO2/c1-2-13-12(6-9-19-13)14(18)17-11-15(10-16)7-4-3-5-8-15/h12-13H,2-11H2,1H3,(H,17,18). The molecule has 1 aliphatic carbocycles. The molecule has 0 spiro atoms. The molecule has 1 N–H and O–H groups in total. The van der Waals surface area contributed by atoms with Crippen LogP contribution < -0.4 is 5.32 Å². The van der Waals surface area contributed by atoms with Crippen LogP contribution in [0, 0.1) is 11.3 Å². The Hall–Kier alpha value is -0.0900. The first-order valence-electron chi connectivity index (χ1n) is 7.66. The van der Waals surface area contributed by atoms with E-state index in [0.717, 1.165) is 31.3 Å². The monoisotopic (exact) mass is 331 g/mol. The molecule has 0 aromatic heterocycles. The molecule has 2 unspecified atom stereocenters. The third kappa shape index (κ3) is 3.72. The summed E-state index contributed by atoms with van der Waals surface area (Å²) in [5, 5.41) is 4.20. The molecule has 1 heterocycles. The summed E-state index contributed by atoms with van der Waals surface area (Å²) < 4.78 is 5.61. The van der Waals surface area contributed by atoms with E-state index in [1.807, 2.05) is 0 Å². The Morgan fingerprint density at radius 2 is 2.11 bits per heavy atom.